The number of nitrogens with zero attached hydrogens (tertiary/aromatic N) is 1. The van der Waals surface area contributed by atoms with Crippen molar-refractivity contribution in [1.82, 2.24) is 9.88 Å². The lowest BCUT2D eigenvalue weighted by molar-refractivity contribution is 0.676. The molecule has 0 aliphatic carbocycles. The van der Waals surface area contributed by atoms with E-state index in [9.17, 15) is 0 Å². The molecule has 0 spiro atoms. The first kappa shape index (κ1) is 7.35. The Morgan fingerprint density at radius 2 is 2.40 bits per heavy atom. The van der Waals surface area contributed by atoms with Crippen molar-refractivity contribution >= 4 is 0 Å². The maximum Gasteiger partial charge on any atom is 0.0356 e. The molecule has 2 nitrogen and oxygen atoms in total. The summed E-state index contributed by atoms with van der Waals surface area (Å²) in [7, 11) is 1.97. The number of aromatic nitrogens is 1. The van der Waals surface area contributed by atoms with Gasteiger partial charge in [-0.2, -0.15) is 0 Å². The monoisotopic (exact) mass is 138 g/mol. The van der Waals surface area contributed by atoms with E-state index in [2.05, 4.69) is 35.1 Å². The SMILES string of the molecule is CCn1cccc1CNC. The van der Waals surface area contributed by atoms with Gasteiger partial charge in [-0.3, -0.25) is 0 Å². The molecule has 0 aromatic carbocycles. The van der Waals surface area contributed by atoms with Gasteiger partial charge in [0.15, 0.2) is 0 Å². The maximum atomic E-state index is 3.12. The average molecular weight is 138 g/mol. The molecular formula is C8H14N2. The van der Waals surface area contributed by atoms with Crippen LogP contribution in [0.25, 0.3) is 0 Å². The maximum absolute atomic E-state index is 3.12. The summed E-state index contributed by atoms with van der Waals surface area (Å²) in [5.74, 6) is 0. The third kappa shape index (κ3) is 1.39. The average Bonchev–Trinajstić information content (AvgIpc) is 2.36. The van der Waals surface area contributed by atoms with Gasteiger partial charge < -0.3 is 9.88 Å². The normalized spacial score (nSPS) is 10.2. The molecular weight excluding hydrogens is 124 g/mol. The summed E-state index contributed by atoms with van der Waals surface area (Å²) in [6.07, 6.45) is 2.10. The van der Waals surface area contributed by atoms with Crippen molar-refractivity contribution in [3.63, 3.8) is 0 Å². The molecule has 0 saturated carbocycles. The van der Waals surface area contributed by atoms with E-state index < -0.39 is 0 Å². The van der Waals surface area contributed by atoms with Crippen LogP contribution >= 0.6 is 0 Å². The van der Waals surface area contributed by atoms with E-state index in [4.69, 9.17) is 0 Å². The topological polar surface area (TPSA) is 17.0 Å². The van der Waals surface area contributed by atoms with Crippen molar-refractivity contribution in [3.05, 3.63) is 24.0 Å². The molecule has 0 fully saturated rings. The third-order valence-electron chi connectivity index (χ3n) is 1.62. The van der Waals surface area contributed by atoms with E-state index >= 15 is 0 Å². The molecule has 0 bridgehead atoms. The van der Waals surface area contributed by atoms with Gasteiger partial charge in [0.25, 0.3) is 0 Å². The minimum absolute atomic E-state index is 0.959. The van der Waals surface area contributed by atoms with Crippen molar-refractivity contribution in [2.75, 3.05) is 7.05 Å². The van der Waals surface area contributed by atoms with Gasteiger partial charge in [0.2, 0.25) is 0 Å². The second kappa shape index (κ2) is 3.42. The highest BCUT2D eigenvalue weighted by Gasteiger charge is 1.94. The van der Waals surface area contributed by atoms with E-state index in [1.165, 1.54) is 5.69 Å². The number of rotatable bonds is 3. The minimum atomic E-state index is 0.959. The smallest absolute Gasteiger partial charge is 0.0356 e. The molecule has 1 aromatic heterocycles. The lowest BCUT2D eigenvalue weighted by atomic mass is 10.4. The van der Waals surface area contributed by atoms with Crippen molar-refractivity contribution in [2.24, 2.45) is 0 Å². The van der Waals surface area contributed by atoms with Crippen LogP contribution in [0, 0.1) is 0 Å². The molecule has 0 amide bonds. The van der Waals surface area contributed by atoms with E-state index in [1.807, 2.05) is 7.05 Å². The molecule has 10 heavy (non-hydrogen) atoms. The quantitative estimate of drug-likeness (QED) is 0.664. The second-order valence-corrected chi connectivity index (χ2v) is 2.32. The van der Waals surface area contributed by atoms with E-state index in [0.29, 0.717) is 0 Å². The summed E-state index contributed by atoms with van der Waals surface area (Å²) < 4.78 is 2.23. The Morgan fingerprint density at radius 3 is 3.00 bits per heavy atom. The molecule has 0 aliphatic rings. The van der Waals surface area contributed by atoms with Crippen LogP contribution in [0.5, 0.6) is 0 Å². The Morgan fingerprint density at radius 1 is 1.60 bits per heavy atom. The van der Waals surface area contributed by atoms with Crippen LogP contribution in [0.4, 0.5) is 0 Å². The van der Waals surface area contributed by atoms with Crippen LogP contribution in [0.1, 0.15) is 12.6 Å². The van der Waals surface area contributed by atoms with Crippen LogP contribution in [-0.4, -0.2) is 11.6 Å². The first-order chi connectivity index (χ1) is 4.88. The summed E-state index contributed by atoms with van der Waals surface area (Å²) in [4.78, 5) is 0. The zero-order valence-electron chi connectivity index (χ0n) is 6.59. The highest BCUT2D eigenvalue weighted by atomic mass is 15.0. The van der Waals surface area contributed by atoms with Crippen molar-refractivity contribution in [3.8, 4) is 0 Å². The van der Waals surface area contributed by atoms with Crippen molar-refractivity contribution < 1.29 is 0 Å². The van der Waals surface area contributed by atoms with Gasteiger partial charge in [-0.15, -0.1) is 0 Å². The largest absolute Gasteiger partial charge is 0.351 e. The summed E-state index contributed by atoms with van der Waals surface area (Å²) >= 11 is 0. The fraction of sp³-hybridized carbons (Fsp3) is 0.500. The van der Waals surface area contributed by atoms with Gasteiger partial charge in [-0.05, 0) is 26.1 Å². The molecule has 1 rings (SSSR count). The van der Waals surface area contributed by atoms with E-state index in [1.54, 1.807) is 0 Å². The molecule has 1 aromatic rings. The van der Waals surface area contributed by atoms with Crippen molar-refractivity contribution in [1.29, 1.82) is 0 Å². The summed E-state index contributed by atoms with van der Waals surface area (Å²) in [5, 5.41) is 3.12. The molecule has 0 atom stereocenters. The van der Waals surface area contributed by atoms with Gasteiger partial charge in [0.1, 0.15) is 0 Å². The Kier molecular flexibility index (Phi) is 2.51. The predicted molar refractivity (Wildman–Crippen MR) is 42.9 cm³/mol. The first-order valence-corrected chi connectivity index (χ1v) is 3.67. The fourth-order valence-electron chi connectivity index (χ4n) is 1.10. The lowest BCUT2D eigenvalue weighted by Gasteiger charge is -2.03. The molecule has 56 valence electrons. The highest BCUT2D eigenvalue weighted by Crippen LogP contribution is 2.00. The lowest BCUT2D eigenvalue weighted by Crippen LogP contribution is -2.09. The van der Waals surface area contributed by atoms with Gasteiger partial charge in [0, 0.05) is 25.0 Å². The predicted octanol–water partition coefficient (Wildman–Crippen LogP) is 1.23. The highest BCUT2D eigenvalue weighted by molar-refractivity contribution is 5.06. The Balaban J connectivity index is 2.70. The molecule has 0 radical (unpaired) electrons. The van der Waals surface area contributed by atoms with E-state index in [0.717, 1.165) is 13.1 Å². The summed E-state index contributed by atoms with van der Waals surface area (Å²) in [5.41, 5.74) is 1.35. The minimum Gasteiger partial charge on any atom is -0.351 e. The zero-order chi connectivity index (χ0) is 7.40. The molecule has 2 heteroatoms. The van der Waals surface area contributed by atoms with Gasteiger partial charge in [-0.25, -0.2) is 0 Å². The molecule has 0 unspecified atom stereocenters. The zero-order valence-corrected chi connectivity index (χ0v) is 6.59. The van der Waals surface area contributed by atoms with E-state index in [-0.39, 0.29) is 0 Å². The standard InChI is InChI=1S/C8H14N2/c1-3-10-6-4-5-8(10)7-9-2/h4-6,9H,3,7H2,1-2H3. The van der Waals surface area contributed by atoms with Gasteiger partial charge in [-0.1, -0.05) is 0 Å². The summed E-state index contributed by atoms with van der Waals surface area (Å²) in [6.45, 7) is 4.17. The van der Waals surface area contributed by atoms with Crippen LogP contribution in [0.2, 0.25) is 0 Å². The fourth-order valence-corrected chi connectivity index (χ4v) is 1.10. The number of nitrogens with one attached hydrogen (secondary N) is 1. The van der Waals surface area contributed by atoms with Gasteiger partial charge in [0.05, 0.1) is 0 Å². The Labute approximate surface area is 61.9 Å². The number of hydrogen-bond acceptors (Lipinski definition) is 1. The van der Waals surface area contributed by atoms with Crippen LogP contribution < -0.4 is 5.32 Å². The second-order valence-electron chi connectivity index (χ2n) is 2.32. The van der Waals surface area contributed by atoms with Gasteiger partial charge >= 0.3 is 0 Å². The van der Waals surface area contributed by atoms with Crippen molar-refractivity contribution in [2.45, 2.75) is 20.0 Å². The van der Waals surface area contributed by atoms with Crippen LogP contribution in [-0.2, 0) is 13.1 Å². The first-order valence-electron chi connectivity index (χ1n) is 3.67. The summed E-state index contributed by atoms with van der Waals surface area (Å²) in [6, 6.07) is 4.22. The molecule has 0 aliphatic heterocycles. The van der Waals surface area contributed by atoms with Crippen LogP contribution in [0.15, 0.2) is 18.3 Å². The molecule has 1 N–H and O–H groups in total. The molecule has 0 saturated heterocycles. The third-order valence-corrected chi connectivity index (χ3v) is 1.62. The Hall–Kier alpha value is -0.760. The Bertz CT molecular complexity index is 191. The number of hydrogen-bond donors (Lipinski definition) is 1. The number of aryl methyl sites for hydroxylation is 1. The molecule has 1 heterocycles. The van der Waals surface area contributed by atoms with Crippen LogP contribution in [0.3, 0.4) is 0 Å².